The predicted octanol–water partition coefficient (Wildman–Crippen LogP) is 4.39. The van der Waals surface area contributed by atoms with Gasteiger partial charge in [0.05, 0.1) is 5.75 Å². The Bertz CT molecular complexity index is 743. The number of thioether (sulfide) groups is 1. The molecule has 0 radical (unpaired) electrons. The zero-order valence-electron chi connectivity index (χ0n) is 10.9. The number of aromatic nitrogens is 2. The van der Waals surface area contributed by atoms with Gasteiger partial charge in [-0.2, -0.15) is 4.98 Å². The second kappa shape index (κ2) is 6.20. The van der Waals surface area contributed by atoms with E-state index in [2.05, 4.69) is 10.1 Å². The summed E-state index contributed by atoms with van der Waals surface area (Å²) >= 11 is 7.29. The average Bonchev–Trinajstić information content (AvgIpc) is 2.96. The van der Waals surface area contributed by atoms with Crippen molar-refractivity contribution in [2.75, 3.05) is 0 Å². The van der Waals surface area contributed by atoms with E-state index in [4.69, 9.17) is 16.1 Å². The summed E-state index contributed by atoms with van der Waals surface area (Å²) < 4.78 is 5.21. The minimum atomic E-state index is 0.250. The maximum absolute atomic E-state index is 9.70. The van der Waals surface area contributed by atoms with Crippen molar-refractivity contribution >= 4 is 23.4 Å². The summed E-state index contributed by atoms with van der Waals surface area (Å²) in [6.45, 7) is 0. The molecule has 3 rings (SSSR count). The smallest absolute Gasteiger partial charge is 0.237 e. The Kier molecular flexibility index (Phi) is 4.13. The Morgan fingerprint density at radius 2 is 1.86 bits per heavy atom. The molecule has 1 N–H and O–H groups in total. The third-order valence-electron chi connectivity index (χ3n) is 2.79. The lowest BCUT2D eigenvalue weighted by Crippen LogP contribution is -1.83. The normalized spacial score (nSPS) is 10.7. The summed E-state index contributed by atoms with van der Waals surface area (Å²) in [6, 6.07) is 14.4. The van der Waals surface area contributed by atoms with E-state index in [-0.39, 0.29) is 5.75 Å². The quantitative estimate of drug-likeness (QED) is 0.723. The SMILES string of the molecule is Oc1ccccc1SCc1nc(-c2ccc(Cl)cc2)no1. The number of hydrogen-bond donors (Lipinski definition) is 1. The predicted molar refractivity (Wildman–Crippen MR) is 82.4 cm³/mol. The van der Waals surface area contributed by atoms with Gasteiger partial charge in [0.1, 0.15) is 5.75 Å². The van der Waals surface area contributed by atoms with Crippen molar-refractivity contribution in [3.8, 4) is 17.1 Å². The first-order valence-corrected chi connectivity index (χ1v) is 7.58. The Balaban J connectivity index is 1.71. The summed E-state index contributed by atoms with van der Waals surface area (Å²) in [5.41, 5.74) is 0.849. The summed E-state index contributed by atoms with van der Waals surface area (Å²) in [5, 5.41) is 14.3. The van der Waals surface area contributed by atoms with Gasteiger partial charge < -0.3 is 9.63 Å². The third-order valence-corrected chi connectivity index (χ3v) is 4.09. The molecular formula is C15H11ClN2O2S. The molecule has 1 aromatic heterocycles. The van der Waals surface area contributed by atoms with Crippen LogP contribution < -0.4 is 0 Å². The van der Waals surface area contributed by atoms with Crippen LogP contribution in [0.25, 0.3) is 11.4 Å². The van der Waals surface area contributed by atoms with Crippen LogP contribution >= 0.6 is 23.4 Å². The van der Waals surface area contributed by atoms with Crippen LogP contribution in [0.4, 0.5) is 0 Å². The van der Waals surface area contributed by atoms with Crippen LogP contribution in [0.2, 0.25) is 5.02 Å². The number of halogens is 1. The highest BCUT2D eigenvalue weighted by Crippen LogP contribution is 2.30. The van der Waals surface area contributed by atoms with Gasteiger partial charge in [-0.3, -0.25) is 0 Å². The Morgan fingerprint density at radius 3 is 2.62 bits per heavy atom. The molecule has 6 heteroatoms. The number of rotatable bonds is 4. The molecule has 4 nitrogen and oxygen atoms in total. The van der Waals surface area contributed by atoms with E-state index in [1.165, 1.54) is 11.8 Å². The fourth-order valence-electron chi connectivity index (χ4n) is 1.75. The number of para-hydroxylation sites is 1. The summed E-state index contributed by atoms with van der Waals surface area (Å²) in [6.07, 6.45) is 0. The van der Waals surface area contributed by atoms with Gasteiger partial charge >= 0.3 is 0 Å². The van der Waals surface area contributed by atoms with Gasteiger partial charge in [-0.15, -0.1) is 11.8 Å². The minimum absolute atomic E-state index is 0.250. The van der Waals surface area contributed by atoms with Crippen molar-refractivity contribution in [2.24, 2.45) is 0 Å². The molecule has 0 saturated heterocycles. The molecule has 0 aliphatic heterocycles. The first kappa shape index (κ1) is 14.0. The van der Waals surface area contributed by atoms with Crippen molar-refractivity contribution in [3.05, 3.63) is 59.4 Å². The number of benzene rings is 2. The van der Waals surface area contributed by atoms with E-state index >= 15 is 0 Å². The van der Waals surface area contributed by atoms with Crippen LogP contribution in [0.5, 0.6) is 5.75 Å². The van der Waals surface area contributed by atoms with Gasteiger partial charge in [0.2, 0.25) is 11.7 Å². The lowest BCUT2D eigenvalue weighted by Gasteiger charge is -2.00. The topological polar surface area (TPSA) is 59.2 Å². The Labute approximate surface area is 130 Å². The molecule has 0 aliphatic rings. The van der Waals surface area contributed by atoms with Gasteiger partial charge in [0, 0.05) is 15.5 Å². The minimum Gasteiger partial charge on any atom is -0.507 e. The van der Waals surface area contributed by atoms with Gasteiger partial charge in [-0.1, -0.05) is 28.9 Å². The fraction of sp³-hybridized carbons (Fsp3) is 0.0667. The molecule has 106 valence electrons. The summed E-state index contributed by atoms with van der Waals surface area (Å²) in [5.74, 6) is 1.78. The molecule has 0 fully saturated rings. The van der Waals surface area contributed by atoms with Crippen LogP contribution in [0.1, 0.15) is 5.89 Å². The Hall–Kier alpha value is -1.98. The van der Waals surface area contributed by atoms with E-state index in [1.54, 1.807) is 24.3 Å². The highest BCUT2D eigenvalue weighted by Gasteiger charge is 2.10. The molecule has 2 aromatic carbocycles. The van der Waals surface area contributed by atoms with Crippen LogP contribution in [0.15, 0.2) is 57.9 Å². The molecule has 0 aliphatic carbocycles. The van der Waals surface area contributed by atoms with Crippen molar-refractivity contribution < 1.29 is 9.63 Å². The van der Waals surface area contributed by atoms with Gasteiger partial charge in [-0.25, -0.2) is 0 Å². The highest BCUT2D eigenvalue weighted by atomic mass is 35.5. The van der Waals surface area contributed by atoms with Crippen molar-refractivity contribution in [2.45, 2.75) is 10.6 Å². The lowest BCUT2D eigenvalue weighted by atomic mass is 10.2. The number of phenols is 1. The van der Waals surface area contributed by atoms with Crippen LogP contribution in [0, 0.1) is 0 Å². The standard InChI is InChI=1S/C15H11ClN2O2S/c16-11-7-5-10(6-8-11)15-17-14(20-18-15)9-21-13-4-2-1-3-12(13)19/h1-8,19H,9H2. The van der Waals surface area contributed by atoms with Crippen molar-refractivity contribution in [1.29, 1.82) is 0 Å². The molecule has 0 atom stereocenters. The molecule has 1 heterocycles. The molecule has 0 spiro atoms. The number of hydrogen-bond acceptors (Lipinski definition) is 5. The zero-order valence-corrected chi connectivity index (χ0v) is 12.4. The summed E-state index contributed by atoms with van der Waals surface area (Å²) in [4.78, 5) is 5.11. The number of phenolic OH excluding ortho intramolecular Hbond substituents is 1. The molecule has 3 aromatic rings. The van der Waals surface area contributed by atoms with Crippen molar-refractivity contribution in [3.63, 3.8) is 0 Å². The van der Waals surface area contributed by atoms with Crippen LogP contribution in [0.3, 0.4) is 0 Å². The largest absolute Gasteiger partial charge is 0.507 e. The number of aromatic hydroxyl groups is 1. The van der Waals surface area contributed by atoms with E-state index < -0.39 is 0 Å². The van der Waals surface area contributed by atoms with Crippen molar-refractivity contribution in [1.82, 2.24) is 10.1 Å². The first-order chi connectivity index (χ1) is 10.2. The van der Waals surface area contributed by atoms with Crippen LogP contribution in [-0.4, -0.2) is 15.2 Å². The lowest BCUT2D eigenvalue weighted by molar-refractivity contribution is 0.391. The van der Waals surface area contributed by atoms with Gasteiger partial charge in [0.25, 0.3) is 0 Å². The second-order valence-electron chi connectivity index (χ2n) is 4.28. The molecule has 0 saturated carbocycles. The molecule has 21 heavy (non-hydrogen) atoms. The number of nitrogens with zero attached hydrogens (tertiary/aromatic N) is 2. The zero-order chi connectivity index (χ0) is 14.7. The maximum Gasteiger partial charge on any atom is 0.237 e. The van der Waals surface area contributed by atoms with E-state index in [0.717, 1.165) is 10.5 Å². The third kappa shape index (κ3) is 3.37. The van der Waals surface area contributed by atoms with E-state index in [9.17, 15) is 5.11 Å². The Morgan fingerprint density at radius 1 is 1.10 bits per heavy atom. The summed E-state index contributed by atoms with van der Waals surface area (Å²) in [7, 11) is 0. The monoisotopic (exact) mass is 318 g/mol. The van der Waals surface area contributed by atoms with Gasteiger partial charge in [0.15, 0.2) is 0 Å². The maximum atomic E-state index is 9.70. The second-order valence-corrected chi connectivity index (χ2v) is 5.73. The van der Waals surface area contributed by atoms with E-state index in [1.807, 2.05) is 24.3 Å². The molecule has 0 unspecified atom stereocenters. The van der Waals surface area contributed by atoms with E-state index in [0.29, 0.717) is 22.5 Å². The molecule has 0 bridgehead atoms. The molecule has 0 amide bonds. The van der Waals surface area contributed by atoms with Crippen LogP contribution in [-0.2, 0) is 5.75 Å². The molecular weight excluding hydrogens is 308 g/mol. The van der Waals surface area contributed by atoms with Gasteiger partial charge in [-0.05, 0) is 36.4 Å². The average molecular weight is 319 g/mol. The first-order valence-electron chi connectivity index (χ1n) is 6.22. The fourth-order valence-corrected chi connectivity index (χ4v) is 2.66. The highest BCUT2D eigenvalue weighted by molar-refractivity contribution is 7.98.